The van der Waals surface area contributed by atoms with E-state index in [1.807, 2.05) is 62.6 Å². The average Bonchev–Trinajstić information content (AvgIpc) is 2.71. The lowest BCUT2D eigenvalue weighted by Gasteiger charge is -2.31. The Morgan fingerprint density at radius 2 is 2.04 bits per heavy atom. The van der Waals surface area contributed by atoms with E-state index in [-0.39, 0.29) is 11.5 Å². The van der Waals surface area contributed by atoms with E-state index in [9.17, 15) is 9.59 Å². The number of aryl methyl sites for hydroxylation is 1. The van der Waals surface area contributed by atoms with Gasteiger partial charge in [-0.15, -0.1) is 0 Å². The minimum Gasteiger partial charge on any atom is -0.291 e. The molecule has 0 radical (unpaired) electrons. The number of hydrogen-bond acceptors (Lipinski definition) is 5. The molecular weight excluding hydrogens is 374 g/mol. The number of anilines is 1. The Balaban J connectivity index is 2.10. The fourth-order valence-corrected chi connectivity index (χ4v) is 3.84. The number of pyridine rings is 1. The highest BCUT2D eigenvalue weighted by Crippen LogP contribution is 2.37. The van der Waals surface area contributed by atoms with Gasteiger partial charge in [-0.25, -0.2) is 9.88 Å². The molecule has 0 bridgehead atoms. The highest BCUT2D eigenvalue weighted by Gasteiger charge is 2.46. The monoisotopic (exact) mass is 394 g/mol. The molecule has 7 nitrogen and oxygen atoms in total. The van der Waals surface area contributed by atoms with Gasteiger partial charge >= 0.3 is 17.4 Å². The second-order valence-electron chi connectivity index (χ2n) is 6.47. The van der Waals surface area contributed by atoms with E-state index in [1.54, 1.807) is 9.58 Å². The van der Waals surface area contributed by atoms with E-state index in [0.717, 1.165) is 5.69 Å². The number of fused-ring (bicyclic) bond motifs is 3. The van der Waals surface area contributed by atoms with Gasteiger partial charge < -0.3 is 0 Å². The molecule has 2 aromatic heterocycles. The molecule has 0 saturated heterocycles. The first kappa shape index (κ1) is 18.4. The minimum absolute atomic E-state index is 0.0633. The molecule has 0 spiro atoms. The third-order valence-electron chi connectivity index (χ3n) is 4.70. The molecule has 1 aliphatic rings. The maximum atomic E-state index is 13.0. The molecular formula is C20H20N5O2S+. The van der Waals surface area contributed by atoms with Gasteiger partial charge in [0.1, 0.15) is 5.69 Å². The number of carbonyl (C=O) groups is 1. The number of benzene rings is 1. The molecule has 3 heterocycles. The van der Waals surface area contributed by atoms with E-state index in [1.165, 1.54) is 11.8 Å². The highest BCUT2D eigenvalue weighted by molar-refractivity contribution is 7.98. The Hall–Kier alpha value is -3.00. The number of H-pyrrole nitrogens is 1. The van der Waals surface area contributed by atoms with Crippen molar-refractivity contribution in [2.45, 2.75) is 31.6 Å². The number of aromatic amines is 1. The van der Waals surface area contributed by atoms with Crippen molar-refractivity contribution in [1.29, 1.82) is 0 Å². The van der Waals surface area contributed by atoms with Gasteiger partial charge in [-0.3, -0.25) is 14.6 Å². The van der Waals surface area contributed by atoms with Crippen LogP contribution < -0.4 is 15.1 Å². The van der Waals surface area contributed by atoms with Crippen LogP contribution in [0.25, 0.3) is 11.3 Å². The second-order valence-corrected chi connectivity index (χ2v) is 7.26. The standard InChI is InChI=1S/C20H19N5O2S/c1-4-16(26)24-15-11-6-5-9-13(15)17-18(27)22-20(28-3)23-25(17)19(24)14-10-7-8-12(2)21-14/h5-11,19H,4H2,1-3H3/p+1/t19-/m0/s1. The predicted octanol–water partition coefficient (Wildman–Crippen LogP) is 2.45. The molecule has 8 heteroatoms. The molecule has 1 N–H and O–H groups in total. The molecule has 4 rings (SSSR count). The summed E-state index contributed by atoms with van der Waals surface area (Å²) in [6.45, 7) is 3.72. The molecule has 28 heavy (non-hydrogen) atoms. The zero-order chi connectivity index (χ0) is 19.8. The van der Waals surface area contributed by atoms with Gasteiger partial charge in [0.05, 0.1) is 11.3 Å². The first-order valence-electron chi connectivity index (χ1n) is 9.00. The lowest BCUT2D eigenvalue weighted by Crippen LogP contribution is -2.61. The summed E-state index contributed by atoms with van der Waals surface area (Å²) in [6, 6.07) is 13.1. The van der Waals surface area contributed by atoms with Crippen molar-refractivity contribution in [1.82, 2.24) is 15.1 Å². The number of rotatable bonds is 3. The Morgan fingerprint density at radius 3 is 2.75 bits per heavy atom. The Kier molecular flexibility index (Phi) is 4.72. The number of nitrogens with one attached hydrogen (secondary N) is 1. The van der Waals surface area contributed by atoms with Crippen molar-refractivity contribution in [3.8, 4) is 11.3 Å². The van der Waals surface area contributed by atoms with Crippen LogP contribution in [0.15, 0.2) is 52.4 Å². The quantitative estimate of drug-likeness (QED) is 0.545. The third kappa shape index (κ3) is 2.90. The van der Waals surface area contributed by atoms with E-state index < -0.39 is 6.17 Å². The summed E-state index contributed by atoms with van der Waals surface area (Å²) in [7, 11) is 0. The number of carbonyl (C=O) groups excluding carboxylic acids is 1. The van der Waals surface area contributed by atoms with Crippen LogP contribution in [0.4, 0.5) is 5.69 Å². The molecule has 1 atom stereocenters. The maximum absolute atomic E-state index is 13.0. The van der Waals surface area contributed by atoms with Gasteiger partial charge in [0.2, 0.25) is 11.1 Å². The number of thioether (sulfide) groups is 1. The van der Waals surface area contributed by atoms with E-state index >= 15 is 0 Å². The Morgan fingerprint density at radius 1 is 1.25 bits per heavy atom. The fourth-order valence-electron chi connectivity index (χ4n) is 3.48. The second kappa shape index (κ2) is 7.20. The van der Waals surface area contributed by atoms with Crippen molar-refractivity contribution < 1.29 is 9.48 Å². The van der Waals surface area contributed by atoms with Crippen LogP contribution in [-0.2, 0) is 4.79 Å². The summed E-state index contributed by atoms with van der Waals surface area (Å²) in [5, 5.41) is 5.12. The van der Waals surface area contributed by atoms with Crippen molar-refractivity contribution in [2.75, 3.05) is 11.2 Å². The van der Waals surface area contributed by atoms with Gasteiger partial charge in [0.25, 0.3) is 0 Å². The van der Waals surface area contributed by atoms with Crippen LogP contribution in [0.1, 0.15) is 30.9 Å². The number of aromatic nitrogens is 4. The molecule has 0 unspecified atom stereocenters. The van der Waals surface area contributed by atoms with Gasteiger partial charge in [-0.1, -0.05) is 36.9 Å². The van der Waals surface area contributed by atoms with E-state index in [0.29, 0.717) is 34.2 Å². The Bertz CT molecular complexity index is 1130. The van der Waals surface area contributed by atoms with Crippen LogP contribution in [0.2, 0.25) is 0 Å². The zero-order valence-electron chi connectivity index (χ0n) is 15.8. The van der Waals surface area contributed by atoms with Crippen LogP contribution in [0.5, 0.6) is 0 Å². The molecule has 0 fully saturated rings. The van der Waals surface area contributed by atoms with Gasteiger partial charge in [0.15, 0.2) is 0 Å². The van der Waals surface area contributed by atoms with Crippen molar-refractivity contribution in [3.05, 3.63) is 64.2 Å². The van der Waals surface area contributed by atoms with E-state index in [2.05, 4.69) is 15.1 Å². The summed E-state index contributed by atoms with van der Waals surface area (Å²) >= 11 is 1.34. The lowest BCUT2D eigenvalue weighted by atomic mass is 10.0. The summed E-state index contributed by atoms with van der Waals surface area (Å²) in [5.74, 6) is -0.0633. The average molecular weight is 394 g/mol. The molecule has 0 aliphatic carbocycles. The minimum atomic E-state index is -0.634. The van der Waals surface area contributed by atoms with Crippen LogP contribution in [-0.4, -0.2) is 27.2 Å². The molecule has 1 aliphatic heterocycles. The lowest BCUT2D eigenvalue weighted by molar-refractivity contribution is -0.763. The summed E-state index contributed by atoms with van der Waals surface area (Å²) in [6.07, 6.45) is 1.53. The van der Waals surface area contributed by atoms with Gasteiger partial charge in [0, 0.05) is 17.2 Å². The number of nitrogens with zero attached hydrogens (tertiary/aromatic N) is 4. The molecule has 3 aromatic rings. The summed E-state index contributed by atoms with van der Waals surface area (Å²) in [5.41, 5.74) is 3.03. The molecule has 0 saturated carbocycles. The van der Waals surface area contributed by atoms with Gasteiger partial charge in [-0.2, -0.15) is 0 Å². The molecule has 1 amide bonds. The SMILES string of the molecule is CCC(=O)N1c2ccccc2-c2c(=O)[nH]c(SC)n[n+]2[C@H]1c1cccc(C)n1. The third-order valence-corrected chi connectivity index (χ3v) is 5.27. The molecule has 1 aromatic carbocycles. The first-order chi connectivity index (χ1) is 13.5. The smallest absolute Gasteiger partial charge is 0.291 e. The normalized spacial score (nSPS) is 15.1. The van der Waals surface area contributed by atoms with Crippen LogP contribution >= 0.6 is 11.8 Å². The predicted molar refractivity (Wildman–Crippen MR) is 107 cm³/mol. The number of hydrogen-bond donors (Lipinski definition) is 1. The van der Waals surface area contributed by atoms with Crippen LogP contribution in [0.3, 0.4) is 0 Å². The van der Waals surface area contributed by atoms with Crippen molar-refractivity contribution >= 4 is 23.4 Å². The molecule has 142 valence electrons. The van der Waals surface area contributed by atoms with Crippen molar-refractivity contribution in [3.63, 3.8) is 0 Å². The van der Waals surface area contributed by atoms with E-state index in [4.69, 9.17) is 0 Å². The topological polar surface area (TPSA) is 82.8 Å². The summed E-state index contributed by atoms with van der Waals surface area (Å²) < 4.78 is 1.63. The number of para-hydroxylation sites is 1. The zero-order valence-corrected chi connectivity index (χ0v) is 16.7. The highest BCUT2D eigenvalue weighted by atomic mass is 32.2. The maximum Gasteiger partial charge on any atom is 0.325 e. The number of amides is 1. The van der Waals surface area contributed by atoms with Crippen molar-refractivity contribution in [2.24, 2.45) is 0 Å². The van der Waals surface area contributed by atoms with Gasteiger partial charge in [-0.05, 0) is 42.1 Å². The first-order valence-corrected chi connectivity index (χ1v) is 10.2. The largest absolute Gasteiger partial charge is 0.325 e. The summed E-state index contributed by atoms with van der Waals surface area (Å²) in [4.78, 5) is 35.1. The van der Waals surface area contributed by atoms with Crippen LogP contribution in [0, 0.1) is 6.92 Å². The fraction of sp³-hybridized carbons (Fsp3) is 0.250. The Labute approximate surface area is 166 Å².